The third-order valence-electron chi connectivity index (χ3n) is 5.02. The Hall–Kier alpha value is -1.36. The number of methoxy groups -OCH3 is 1. The fourth-order valence-corrected chi connectivity index (χ4v) is 3.45. The number of H-pyrrole nitrogens is 1. The number of aromatic amines is 1. The highest BCUT2D eigenvalue weighted by Gasteiger charge is 2.15. The van der Waals surface area contributed by atoms with Crippen LogP contribution in [0.3, 0.4) is 0 Å². The first kappa shape index (κ1) is 22.7. The number of nitrogens with zero attached hydrogens (tertiary/aromatic N) is 1. The summed E-state index contributed by atoms with van der Waals surface area (Å²) in [4.78, 5) is 26.8. The molecule has 0 amide bonds. The summed E-state index contributed by atoms with van der Waals surface area (Å²) in [6.45, 7) is 4.67. The van der Waals surface area contributed by atoms with E-state index < -0.39 is 0 Å². The second-order valence-corrected chi connectivity index (χ2v) is 7.31. The second-order valence-electron chi connectivity index (χ2n) is 7.31. The molecule has 1 heterocycles. The van der Waals surface area contributed by atoms with E-state index in [-0.39, 0.29) is 23.9 Å². The van der Waals surface area contributed by atoms with Gasteiger partial charge in [0.05, 0.1) is 12.2 Å². The molecule has 0 radical (unpaired) electrons. The van der Waals surface area contributed by atoms with Gasteiger partial charge in [-0.2, -0.15) is 0 Å². The summed E-state index contributed by atoms with van der Waals surface area (Å²) in [5.41, 5.74) is -0.103. The number of unbranched alkanes of at least 4 members (excludes halogenated alkanes) is 8. The molecule has 0 aliphatic rings. The number of aromatic nitrogens is 2. The molecule has 0 bridgehead atoms. The lowest BCUT2D eigenvalue weighted by atomic mass is 10.00. The van der Waals surface area contributed by atoms with E-state index in [4.69, 9.17) is 4.74 Å². The Bertz CT molecular complexity index is 578. The molecule has 1 aromatic rings. The maximum Gasteiger partial charge on any atom is 0.328 e. The lowest BCUT2D eigenvalue weighted by molar-refractivity contribution is 0.182. The number of rotatable bonds is 15. The van der Waals surface area contributed by atoms with Crippen LogP contribution in [-0.4, -0.2) is 16.7 Å². The van der Waals surface area contributed by atoms with E-state index in [1.165, 1.54) is 51.4 Å². The maximum absolute atomic E-state index is 12.4. The van der Waals surface area contributed by atoms with E-state index in [1.807, 2.05) is 0 Å². The molecule has 1 aromatic heterocycles. The Morgan fingerprint density at radius 2 is 1.46 bits per heavy atom. The fraction of sp³-hybridized carbons (Fsp3) is 0.810. The van der Waals surface area contributed by atoms with Crippen molar-refractivity contribution in [3.63, 3.8) is 0 Å². The Morgan fingerprint density at radius 3 is 1.96 bits per heavy atom. The van der Waals surface area contributed by atoms with E-state index >= 15 is 0 Å². The highest BCUT2D eigenvalue weighted by Crippen LogP contribution is 2.22. The molecular weight excluding hydrogens is 328 g/mol. The van der Waals surface area contributed by atoms with Crippen LogP contribution in [0.5, 0.6) is 0 Å². The topological polar surface area (TPSA) is 64.1 Å². The number of hydrogen-bond donors (Lipinski definition) is 1. The standard InChI is InChI=1S/C21H38N2O3/c1-4-6-8-10-12-14-19(15-13-11-9-7-5-2)23-16-18(17-26-3)20(24)22-21(23)25/h16,19H,4-15,17H2,1-3H3,(H,22,24,25). The van der Waals surface area contributed by atoms with E-state index in [0.29, 0.717) is 5.56 Å². The minimum absolute atomic E-state index is 0.165. The van der Waals surface area contributed by atoms with Gasteiger partial charge in [-0.1, -0.05) is 78.1 Å². The number of hydrogen-bond acceptors (Lipinski definition) is 3. The smallest absolute Gasteiger partial charge is 0.328 e. The van der Waals surface area contributed by atoms with Gasteiger partial charge in [0.2, 0.25) is 0 Å². The van der Waals surface area contributed by atoms with Gasteiger partial charge in [0.15, 0.2) is 0 Å². The Balaban J connectivity index is 2.79. The van der Waals surface area contributed by atoms with Crippen molar-refractivity contribution in [2.75, 3.05) is 7.11 Å². The van der Waals surface area contributed by atoms with Gasteiger partial charge in [0.25, 0.3) is 5.56 Å². The molecule has 1 N–H and O–H groups in total. The SMILES string of the molecule is CCCCCCCC(CCCCCCC)n1cc(COC)c(=O)[nH]c1=O. The number of nitrogens with one attached hydrogen (secondary N) is 1. The second kappa shape index (κ2) is 13.8. The predicted octanol–water partition coefficient (Wildman–Crippen LogP) is 4.95. The minimum Gasteiger partial charge on any atom is -0.380 e. The largest absolute Gasteiger partial charge is 0.380 e. The molecular formula is C21H38N2O3. The van der Waals surface area contributed by atoms with E-state index in [0.717, 1.165) is 25.7 Å². The van der Waals surface area contributed by atoms with Crippen molar-refractivity contribution in [3.05, 3.63) is 32.6 Å². The summed E-state index contributed by atoms with van der Waals surface area (Å²) in [5, 5.41) is 0. The highest BCUT2D eigenvalue weighted by atomic mass is 16.5. The zero-order valence-electron chi connectivity index (χ0n) is 17.0. The molecule has 0 aromatic carbocycles. The van der Waals surface area contributed by atoms with Crippen LogP contribution >= 0.6 is 0 Å². The van der Waals surface area contributed by atoms with Gasteiger partial charge in [-0.25, -0.2) is 4.79 Å². The number of ether oxygens (including phenoxy) is 1. The van der Waals surface area contributed by atoms with Gasteiger partial charge in [0.1, 0.15) is 0 Å². The van der Waals surface area contributed by atoms with Crippen molar-refractivity contribution in [1.82, 2.24) is 9.55 Å². The highest BCUT2D eigenvalue weighted by molar-refractivity contribution is 5.03. The van der Waals surface area contributed by atoms with Crippen LogP contribution in [-0.2, 0) is 11.3 Å². The zero-order valence-corrected chi connectivity index (χ0v) is 17.0. The molecule has 0 unspecified atom stereocenters. The van der Waals surface area contributed by atoms with Gasteiger partial charge in [-0.05, 0) is 12.8 Å². The van der Waals surface area contributed by atoms with Crippen molar-refractivity contribution < 1.29 is 4.74 Å². The molecule has 0 saturated heterocycles. The van der Waals surface area contributed by atoms with Crippen molar-refractivity contribution in [2.24, 2.45) is 0 Å². The predicted molar refractivity (Wildman–Crippen MR) is 108 cm³/mol. The van der Waals surface area contributed by atoms with Crippen LogP contribution in [0.15, 0.2) is 15.8 Å². The summed E-state index contributed by atoms with van der Waals surface area (Å²) in [5.74, 6) is 0. The van der Waals surface area contributed by atoms with E-state index in [9.17, 15) is 9.59 Å². The lowest BCUT2D eigenvalue weighted by Crippen LogP contribution is -2.34. The molecule has 0 atom stereocenters. The molecule has 0 spiro atoms. The monoisotopic (exact) mass is 366 g/mol. The molecule has 0 fully saturated rings. The summed E-state index contributed by atoms with van der Waals surface area (Å²) in [6, 6.07) is 0.165. The molecule has 0 aliphatic carbocycles. The van der Waals surface area contributed by atoms with Crippen LogP contribution < -0.4 is 11.2 Å². The van der Waals surface area contributed by atoms with Crippen LogP contribution in [0.1, 0.15) is 103 Å². The Kier molecular flexibility index (Phi) is 12.0. The van der Waals surface area contributed by atoms with E-state index in [2.05, 4.69) is 18.8 Å². The normalized spacial score (nSPS) is 11.4. The zero-order chi connectivity index (χ0) is 19.2. The Labute approximate surface area is 158 Å². The van der Waals surface area contributed by atoms with Gasteiger partial charge >= 0.3 is 5.69 Å². The van der Waals surface area contributed by atoms with Crippen molar-refractivity contribution in [2.45, 2.75) is 104 Å². The first-order valence-corrected chi connectivity index (χ1v) is 10.5. The summed E-state index contributed by atoms with van der Waals surface area (Å²) < 4.78 is 6.84. The molecule has 150 valence electrons. The summed E-state index contributed by atoms with van der Waals surface area (Å²) in [7, 11) is 1.56. The average Bonchev–Trinajstić information content (AvgIpc) is 2.62. The molecule has 0 aliphatic heterocycles. The Morgan fingerprint density at radius 1 is 0.923 bits per heavy atom. The quantitative estimate of drug-likeness (QED) is 0.447. The third kappa shape index (κ3) is 8.35. The molecule has 26 heavy (non-hydrogen) atoms. The maximum atomic E-state index is 12.4. The van der Waals surface area contributed by atoms with Crippen LogP contribution in [0.25, 0.3) is 0 Å². The first-order valence-electron chi connectivity index (χ1n) is 10.5. The van der Waals surface area contributed by atoms with Crippen molar-refractivity contribution >= 4 is 0 Å². The van der Waals surface area contributed by atoms with Crippen molar-refractivity contribution in [3.8, 4) is 0 Å². The van der Waals surface area contributed by atoms with Gasteiger partial charge in [0, 0.05) is 19.3 Å². The lowest BCUT2D eigenvalue weighted by Gasteiger charge is -2.20. The minimum atomic E-state index is -0.335. The van der Waals surface area contributed by atoms with Gasteiger partial charge in [-0.3, -0.25) is 14.3 Å². The van der Waals surface area contributed by atoms with E-state index in [1.54, 1.807) is 17.9 Å². The average molecular weight is 367 g/mol. The van der Waals surface area contributed by atoms with Gasteiger partial charge in [-0.15, -0.1) is 0 Å². The third-order valence-corrected chi connectivity index (χ3v) is 5.02. The van der Waals surface area contributed by atoms with Crippen LogP contribution in [0.4, 0.5) is 0 Å². The molecule has 0 saturated carbocycles. The molecule has 1 rings (SSSR count). The van der Waals surface area contributed by atoms with Crippen LogP contribution in [0, 0.1) is 0 Å². The van der Waals surface area contributed by atoms with Crippen LogP contribution in [0.2, 0.25) is 0 Å². The van der Waals surface area contributed by atoms with Crippen molar-refractivity contribution in [1.29, 1.82) is 0 Å². The summed E-state index contributed by atoms with van der Waals surface area (Å²) >= 11 is 0. The van der Waals surface area contributed by atoms with Gasteiger partial charge < -0.3 is 4.74 Å². The molecule has 5 heteroatoms. The summed E-state index contributed by atoms with van der Waals surface area (Å²) in [6.07, 6.45) is 15.9. The fourth-order valence-electron chi connectivity index (χ4n) is 3.45. The first-order chi connectivity index (χ1) is 12.6. The molecule has 5 nitrogen and oxygen atoms in total.